The quantitative estimate of drug-likeness (QED) is 0.758. The fourth-order valence-electron chi connectivity index (χ4n) is 3.37. The van der Waals surface area contributed by atoms with E-state index in [0.717, 1.165) is 18.0 Å². The first kappa shape index (κ1) is 20.2. The third-order valence-electron chi connectivity index (χ3n) is 5.22. The third kappa shape index (κ3) is 5.99. The lowest BCUT2D eigenvalue weighted by atomic mass is 9.99. The van der Waals surface area contributed by atoms with Crippen molar-refractivity contribution in [1.29, 1.82) is 0 Å². The van der Waals surface area contributed by atoms with E-state index in [0.29, 0.717) is 18.0 Å². The Morgan fingerprint density at radius 1 is 1.04 bits per heavy atom. The molecule has 5 heteroatoms. The van der Waals surface area contributed by atoms with E-state index in [1.54, 1.807) is 19.2 Å². The zero-order valence-electron chi connectivity index (χ0n) is 16.8. The molecule has 2 aromatic rings. The highest BCUT2D eigenvalue weighted by molar-refractivity contribution is 5.77. The molecule has 0 aromatic heterocycles. The van der Waals surface area contributed by atoms with E-state index in [1.165, 1.54) is 31.5 Å². The Labute approximate surface area is 167 Å². The van der Waals surface area contributed by atoms with Crippen LogP contribution >= 0.6 is 0 Å². The van der Waals surface area contributed by atoms with Crippen LogP contribution < -0.4 is 14.8 Å². The van der Waals surface area contributed by atoms with Crippen LogP contribution in [-0.2, 0) is 17.9 Å². The number of benzene rings is 2. The first-order valence-electron chi connectivity index (χ1n) is 9.96. The number of hydrogen-bond donors (Lipinski definition) is 1. The van der Waals surface area contributed by atoms with E-state index in [2.05, 4.69) is 41.4 Å². The molecule has 1 aliphatic rings. The lowest BCUT2D eigenvalue weighted by molar-refractivity contribution is -0.123. The number of nitrogens with one attached hydrogen (secondary N) is 1. The maximum atomic E-state index is 12.1. The van der Waals surface area contributed by atoms with Crippen molar-refractivity contribution in [3.05, 3.63) is 59.7 Å². The molecule has 0 spiro atoms. The van der Waals surface area contributed by atoms with Gasteiger partial charge in [0.25, 0.3) is 5.91 Å². The molecule has 0 atom stereocenters. The van der Waals surface area contributed by atoms with Gasteiger partial charge in [0.2, 0.25) is 0 Å². The smallest absolute Gasteiger partial charge is 0.258 e. The van der Waals surface area contributed by atoms with Crippen molar-refractivity contribution < 1.29 is 14.3 Å². The summed E-state index contributed by atoms with van der Waals surface area (Å²) >= 11 is 0. The molecule has 0 bridgehead atoms. The predicted octanol–water partition coefficient (Wildman–Crippen LogP) is 3.62. The molecule has 1 aliphatic heterocycles. The van der Waals surface area contributed by atoms with E-state index in [1.807, 2.05) is 12.1 Å². The summed E-state index contributed by atoms with van der Waals surface area (Å²) in [6, 6.07) is 15.8. The summed E-state index contributed by atoms with van der Waals surface area (Å²) in [4.78, 5) is 14.6. The van der Waals surface area contributed by atoms with Gasteiger partial charge in [-0.2, -0.15) is 0 Å². The predicted molar refractivity (Wildman–Crippen MR) is 110 cm³/mol. The van der Waals surface area contributed by atoms with Crippen LogP contribution in [0, 0.1) is 5.92 Å². The molecule has 5 nitrogen and oxygen atoms in total. The number of methoxy groups -OCH3 is 1. The normalized spacial score (nSPS) is 15.2. The number of hydrogen-bond acceptors (Lipinski definition) is 4. The van der Waals surface area contributed by atoms with E-state index in [-0.39, 0.29) is 12.5 Å². The fraction of sp³-hybridized carbons (Fsp3) is 0.435. The summed E-state index contributed by atoms with van der Waals surface area (Å²) in [6.45, 7) is 6.17. The first-order valence-corrected chi connectivity index (χ1v) is 9.96. The average Bonchev–Trinajstić information content (AvgIpc) is 2.73. The topological polar surface area (TPSA) is 50.8 Å². The maximum Gasteiger partial charge on any atom is 0.258 e. The SMILES string of the molecule is COc1ccccc1OCC(=O)NCc1ccc(CN2CCC(C)CC2)cc1. The molecule has 1 N–H and O–H groups in total. The van der Waals surface area contributed by atoms with Crippen molar-refractivity contribution >= 4 is 5.91 Å². The monoisotopic (exact) mass is 382 g/mol. The summed E-state index contributed by atoms with van der Waals surface area (Å²) in [5.74, 6) is 1.89. The number of rotatable bonds is 8. The number of piperidine rings is 1. The fourth-order valence-corrected chi connectivity index (χ4v) is 3.37. The molecule has 1 saturated heterocycles. The first-order chi connectivity index (χ1) is 13.6. The minimum absolute atomic E-state index is 0.0359. The van der Waals surface area contributed by atoms with Crippen LogP contribution in [0.15, 0.2) is 48.5 Å². The number of ether oxygens (including phenoxy) is 2. The van der Waals surface area contributed by atoms with Crippen molar-refractivity contribution in [1.82, 2.24) is 10.2 Å². The van der Waals surface area contributed by atoms with Crippen molar-refractivity contribution in [2.45, 2.75) is 32.9 Å². The molecule has 1 fully saturated rings. The maximum absolute atomic E-state index is 12.1. The zero-order chi connectivity index (χ0) is 19.8. The van der Waals surface area contributed by atoms with Crippen molar-refractivity contribution in [2.75, 3.05) is 26.8 Å². The largest absolute Gasteiger partial charge is 0.493 e. The van der Waals surface area contributed by atoms with Gasteiger partial charge in [0.05, 0.1) is 7.11 Å². The molecule has 28 heavy (non-hydrogen) atoms. The highest BCUT2D eigenvalue weighted by atomic mass is 16.5. The Hall–Kier alpha value is -2.53. The van der Waals surface area contributed by atoms with Gasteiger partial charge in [-0.1, -0.05) is 43.3 Å². The third-order valence-corrected chi connectivity index (χ3v) is 5.22. The molecule has 0 radical (unpaired) electrons. The molecule has 1 amide bonds. The lowest BCUT2D eigenvalue weighted by Gasteiger charge is -2.30. The Morgan fingerprint density at radius 3 is 2.36 bits per heavy atom. The van der Waals surface area contributed by atoms with Crippen molar-refractivity contribution in [2.24, 2.45) is 5.92 Å². The van der Waals surface area contributed by atoms with Gasteiger partial charge < -0.3 is 14.8 Å². The van der Waals surface area contributed by atoms with E-state index in [9.17, 15) is 4.79 Å². The zero-order valence-corrected chi connectivity index (χ0v) is 16.8. The van der Waals surface area contributed by atoms with Crippen LogP contribution in [0.25, 0.3) is 0 Å². The van der Waals surface area contributed by atoms with E-state index >= 15 is 0 Å². The van der Waals surface area contributed by atoms with E-state index in [4.69, 9.17) is 9.47 Å². The average molecular weight is 383 g/mol. The molecular weight excluding hydrogens is 352 g/mol. The number of amides is 1. The van der Waals surface area contributed by atoms with Crippen LogP contribution in [0.1, 0.15) is 30.9 Å². The van der Waals surface area contributed by atoms with E-state index < -0.39 is 0 Å². The van der Waals surface area contributed by atoms with Crippen LogP contribution in [0.3, 0.4) is 0 Å². The summed E-state index contributed by atoms with van der Waals surface area (Å²) in [6.07, 6.45) is 2.59. The number of carbonyl (C=O) groups is 1. The summed E-state index contributed by atoms with van der Waals surface area (Å²) in [5, 5.41) is 2.90. The summed E-state index contributed by atoms with van der Waals surface area (Å²) < 4.78 is 10.8. The second-order valence-corrected chi connectivity index (χ2v) is 7.49. The molecule has 0 saturated carbocycles. The van der Waals surface area contributed by atoms with Crippen molar-refractivity contribution in [3.8, 4) is 11.5 Å². The van der Waals surface area contributed by atoms with Gasteiger partial charge in [0, 0.05) is 13.1 Å². The summed E-state index contributed by atoms with van der Waals surface area (Å²) in [5.41, 5.74) is 2.41. The van der Waals surface area contributed by atoms with Crippen LogP contribution in [0.5, 0.6) is 11.5 Å². The second-order valence-electron chi connectivity index (χ2n) is 7.49. The van der Waals surface area contributed by atoms with Gasteiger partial charge in [0.15, 0.2) is 18.1 Å². The van der Waals surface area contributed by atoms with Gasteiger partial charge in [-0.3, -0.25) is 9.69 Å². The number of carbonyl (C=O) groups excluding carboxylic acids is 1. The minimum atomic E-state index is -0.155. The number of likely N-dealkylation sites (tertiary alicyclic amines) is 1. The molecule has 2 aromatic carbocycles. The van der Waals surface area contributed by atoms with Crippen molar-refractivity contribution in [3.63, 3.8) is 0 Å². The van der Waals surface area contributed by atoms with Gasteiger partial charge in [-0.25, -0.2) is 0 Å². The standard InChI is InChI=1S/C23H30N2O3/c1-18-11-13-25(14-12-18)16-20-9-7-19(8-10-20)15-24-23(26)17-28-22-6-4-3-5-21(22)27-2/h3-10,18H,11-17H2,1-2H3,(H,24,26). The van der Waals surface area contributed by atoms with Gasteiger partial charge in [-0.05, 0) is 55.1 Å². The second kappa shape index (κ2) is 10.1. The van der Waals surface area contributed by atoms with Crippen LogP contribution in [0.4, 0.5) is 0 Å². The highest BCUT2D eigenvalue weighted by Gasteiger charge is 2.15. The molecule has 0 aliphatic carbocycles. The Morgan fingerprint density at radius 2 is 1.68 bits per heavy atom. The van der Waals surface area contributed by atoms with Crippen LogP contribution in [-0.4, -0.2) is 37.6 Å². The Kier molecular flexibility index (Phi) is 7.31. The molecule has 3 rings (SSSR count). The molecule has 0 unspecified atom stereocenters. The van der Waals surface area contributed by atoms with Gasteiger partial charge in [-0.15, -0.1) is 0 Å². The van der Waals surface area contributed by atoms with Gasteiger partial charge in [0.1, 0.15) is 0 Å². The Bertz CT molecular complexity index is 753. The molecule has 150 valence electrons. The molecule has 1 heterocycles. The minimum Gasteiger partial charge on any atom is -0.493 e. The molecular formula is C23H30N2O3. The highest BCUT2D eigenvalue weighted by Crippen LogP contribution is 2.25. The number of para-hydroxylation sites is 2. The van der Waals surface area contributed by atoms with Crippen LogP contribution in [0.2, 0.25) is 0 Å². The number of nitrogens with zero attached hydrogens (tertiary/aromatic N) is 1. The lowest BCUT2D eigenvalue weighted by Crippen LogP contribution is -2.32. The summed E-state index contributed by atoms with van der Waals surface area (Å²) in [7, 11) is 1.58. The Balaban J connectivity index is 1.41. The van der Waals surface area contributed by atoms with Gasteiger partial charge >= 0.3 is 0 Å².